The van der Waals surface area contributed by atoms with Crippen molar-refractivity contribution < 1.29 is 9.59 Å². The highest BCUT2D eigenvalue weighted by Crippen LogP contribution is 2.22. The zero-order valence-corrected chi connectivity index (χ0v) is 11.6. The maximum absolute atomic E-state index is 11.8. The Balaban J connectivity index is 2.32. The van der Waals surface area contributed by atoms with E-state index < -0.39 is 6.04 Å². The molecule has 2 amide bonds. The van der Waals surface area contributed by atoms with Crippen LogP contribution < -0.4 is 16.0 Å². The van der Waals surface area contributed by atoms with Crippen molar-refractivity contribution >= 4 is 11.8 Å². The molecule has 3 atom stereocenters. The van der Waals surface area contributed by atoms with E-state index in [1.54, 1.807) is 14.0 Å². The molecule has 18 heavy (non-hydrogen) atoms. The Bertz CT molecular complexity index is 288. The predicted molar refractivity (Wildman–Crippen MR) is 71.0 cm³/mol. The minimum absolute atomic E-state index is 0.0378. The lowest BCUT2D eigenvalue weighted by Gasteiger charge is -2.28. The highest BCUT2D eigenvalue weighted by Gasteiger charge is 2.23. The van der Waals surface area contributed by atoms with E-state index in [0.29, 0.717) is 18.3 Å². The van der Waals surface area contributed by atoms with Crippen molar-refractivity contribution in [1.82, 2.24) is 16.0 Å². The molecule has 104 valence electrons. The molecule has 1 aliphatic rings. The number of hydrogen-bond donors (Lipinski definition) is 3. The van der Waals surface area contributed by atoms with Crippen molar-refractivity contribution in [2.24, 2.45) is 11.8 Å². The van der Waals surface area contributed by atoms with Crippen LogP contribution in [-0.4, -0.2) is 38.0 Å². The van der Waals surface area contributed by atoms with Gasteiger partial charge < -0.3 is 16.0 Å². The second-order valence-corrected chi connectivity index (χ2v) is 5.19. The van der Waals surface area contributed by atoms with Crippen molar-refractivity contribution in [2.45, 2.75) is 39.2 Å². The molecule has 0 aromatic heterocycles. The van der Waals surface area contributed by atoms with Crippen LogP contribution in [0, 0.1) is 11.8 Å². The van der Waals surface area contributed by atoms with Crippen LogP contribution in [0.4, 0.5) is 0 Å². The summed E-state index contributed by atoms with van der Waals surface area (Å²) >= 11 is 0. The van der Waals surface area contributed by atoms with Gasteiger partial charge in [0, 0.05) is 13.5 Å². The number of carbonyl (C=O) groups excluding carboxylic acids is 2. The summed E-state index contributed by atoms with van der Waals surface area (Å²) in [5, 5.41) is 8.61. The average molecular weight is 255 g/mol. The maximum Gasteiger partial charge on any atom is 0.242 e. The Labute approximate surface area is 109 Å². The zero-order chi connectivity index (χ0) is 13.5. The second-order valence-electron chi connectivity index (χ2n) is 5.19. The summed E-state index contributed by atoms with van der Waals surface area (Å²) < 4.78 is 0. The number of carbonyl (C=O) groups is 2. The number of rotatable bonds is 5. The molecule has 1 aliphatic heterocycles. The summed E-state index contributed by atoms with van der Waals surface area (Å²) in [5.74, 6) is 0.731. The first-order chi connectivity index (χ1) is 8.54. The molecule has 0 bridgehead atoms. The average Bonchev–Trinajstić information content (AvgIpc) is 2.38. The largest absolute Gasteiger partial charge is 0.357 e. The summed E-state index contributed by atoms with van der Waals surface area (Å²) in [5.41, 5.74) is 0. The molecule has 5 heteroatoms. The van der Waals surface area contributed by atoms with Gasteiger partial charge in [-0.1, -0.05) is 6.92 Å². The van der Waals surface area contributed by atoms with E-state index in [-0.39, 0.29) is 11.8 Å². The first kappa shape index (κ1) is 15.0. The van der Waals surface area contributed by atoms with Gasteiger partial charge in [-0.2, -0.15) is 0 Å². The van der Waals surface area contributed by atoms with Crippen LogP contribution in [0.15, 0.2) is 0 Å². The Morgan fingerprint density at radius 2 is 2.11 bits per heavy atom. The van der Waals surface area contributed by atoms with Crippen LogP contribution in [0.25, 0.3) is 0 Å². The third-order valence-corrected chi connectivity index (χ3v) is 3.66. The maximum atomic E-state index is 11.8. The third-order valence-electron chi connectivity index (χ3n) is 3.66. The minimum atomic E-state index is -0.459. The van der Waals surface area contributed by atoms with E-state index in [1.807, 2.05) is 0 Å². The first-order valence-electron chi connectivity index (χ1n) is 6.76. The van der Waals surface area contributed by atoms with Crippen molar-refractivity contribution in [3.05, 3.63) is 0 Å². The standard InChI is InChI=1S/C13H25N3O2/c1-9(11-5-4-6-15-8-11)7-12(17)16-10(2)13(18)14-3/h9-11,15H,4-8H2,1-3H3,(H,14,18)(H,16,17). The van der Waals surface area contributed by atoms with Crippen LogP contribution >= 0.6 is 0 Å². The molecule has 3 N–H and O–H groups in total. The number of likely N-dealkylation sites (N-methyl/N-ethyl adjacent to an activating group) is 1. The SMILES string of the molecule is CNC(=O)C(C)NC(=O)CC(C)C1CCCNC1. The van der Waals surface area contributed by atoms with Gasteiger partial charge in [0.1, 0.15) is 6.04 Å². The molecule has 0 radical (unpaired) electrons. The fourth-order valence-electron chi connectivity index (χ4n) is 2.41. The smallest absolute Gasteiger partial charge is 0.242 e. The van der Waals surface area contributed by atoms with E-state index in [2.05, 4.69) is 22.9 Å². The number of piperidine rings is 1. The molecule has 5 nitrogen and oxygen atoms in total. The van der Waals surface area contributed by atoms with Crippen molar-refractivity contribution in [1.29, 1.82) is 0 Å². The van der Waals surface area contributed by atoms with E-state index in [4.69, 9.17) is 0 Å². The molecule has 0 saturated carbocycles. The highest BCUT2D eigenvalue weighted by atomic mass is 16.2. The van der Waals surface area contributed by atoms with Gasteiger partial charge >= 0.3 is 0 Å². The van der Waals surface area contributed by atoms with E-state index in [0.717, 1.165) is 13.1 Å². The van der Waals surface area contributed by atoms with E-state index in [9.17, 15) is 9.59 Å². The summed E-state index contributed by atoms with van der Waals surface area (Å²) in [6.07, 6.45) is 2.87. The zero-order valence-electron chi connectivity index (χ0n) is 11.6. The highest BCUT2D eigenvalue weighted by molar-refractivity contribution is 5.87. The molecule has 1 fully saturated rings. The van der Waals surface area contributed by atoms with Gasteiger partial charge in [0.2, 0.25) is 11.8 Å². The lowest BCUT2D eigenvalue weighted by Crippen LogP contribution is -2.44. The minimum Gasteiger partial charge on any atom is -0.357 e. The summed E-state index contributed by atoms with van der Waals surface area (Å²) in [6, 6.07) is -0.459. The Morgan fingerprint density at radius 1 is 1.39 bits per heavy atom. The lowest BCUT2D eigenvalue weighted by molar-refractivity contribution is -0.129. The van der Waals surface area contributed by atoms with Gasteiger partial charge in [0.05, 0.1) is 0 Å². The Kier molecular flexibility index (Phi) is 6.12. The molecular weight excluding hydrogens is 230 g/mol. The Morgan fingerprint density at radius 3 is 2.67 bits per heavy atom. The van der Waals surface area contributed by atoms with Crippen LogP contribution in [-0.2, 0) is 9.59 Å². The van der Waals surface area contributed by atoms with Crippen LogP contribution in [0.2, 0.25) is 0 Å². The number of amides is 2. The second kappa shape index (κ2) is 7.36. The van der Waals surface area contributed by atoms with Gasteiger partial charge in [-0.3, -0.25) is 9.59 Å². The predicted octanol–water partition coefficient (Wildman–Crippen LogP) is 0.263. The topological polar surface area (TPSA) is 70.2 Å². The molecular formula is C13H25N3O2. The molecule has 0 aromatic rings. The Hall–Kier alpha value is -1.10. The number of nitrogens with one attached hydrogen (secondary N) is 3. The van der Waals surface area contributed by atoms with Gasteiger partial charge in [-0.15, -0.1) is 0 Å². The van der Waals surface area contributed by atoms with Gasteiger partial charge in [0.15, 0.2) is 0 Å². The molecule has 1 saturated heterocycles. The van der Waals surface area contributed by atoms with Crippen LogP contribution in [0.5, 0.6) is 0 Å². The lowest BCUT2D eigenvalue weighted by atomic mass is 9.85. The summed E-state index contributed by atoms with van der Waals surface area (Å²) in [6.45, 7) is 5.90. The normalized spacial score (nSPS) is 22.9. The summed E-state index contributed by atoms with van der Waals surface area (Å²) in [7, 11) is 1.57. The monoisotopic (exact) mass is 255 g/mol. The number of hydrogen-bond acceptors (Lipinski definition) is 3. The van der Waals surface area contributed by atoms with Crippen LogP contribution in [0.3, 0.4) is 0 Å². The third kappa shape index (κ3) is 4.64. The van der Waals surface area contributed by atoms with Crippen molar-refractivity contribution in [3.63, 3.8) is 0 Å². The van der Waals surface area contributed by atoms with E-state index in [1.165, 1.54) is 12.8 Å². The van der Waals surface area contributed by atoms with Crippen molar-refractivity contribution in [3.8, 4) is 0 Å². The molecule has 3 unspecified atom stereocenters. The molecule has 0 spiro atoms. The molecule has 1 heterocycles. The fourth-order valence-corrected chi connectivity index (χ4v) is 2.41. The molecule has 0 aromatic carbocycles. The van der Waals surface area contributed by atoms with Gasteiger partial charge in [-0.25, -0.2) is 0 Å². The molecule has 0 aliphatic carbocycles. The molecule has 1 rings (SSSR count). The van der Waals surface area contributed by atoms with Gasteiger partial charge in [0.25, 0.3) is 0 Å². The van der Waals surface area contributed by atoms with Crippen LogP contribution in [0.1, 0.15) is 33.1 Å². The quantitative estimate of drug-likeness (QED) is 0.660. The fraction of sp³-hybridized carbons (Fsp3) is 0.846. The van der Waals surface area contributed by atoms with E-state index >= 15 is 0 Å². The van der Waals surface area contributed by atoms with Crippen molar-refractivity contribution in [2.75, 3.05) is 20.1 Å². The first-order valence-corrected chi connectivity index (χ1v) is 6.76. The summed E-state index contributed by atoms with van der Waals surface area (Å²) in [4.78, 5) is 23.1. The van der Waals surface area contributed by atoms with Gasteiger partial charge in [-0.05, 0) is 44.7 Å².